The van der Waals surface area contributed by atoms with Crippen molar-refractivity contribution >= 4 is 27.8 Å². The van der Waals surface area contributed by atoms with Gasteiger partial charge in [-0.05, 0) is 25.0 Å². The predicted octanol–water partition coefficient (Wildman–Crippen LogP) is 0.870. The molecule has 0 spiro atoms. The van der Waals surface area contributed by atoms with Crippen LogP contribution in [0, 0.1) is 13.8 Å². The van der Waals surface area contributed by atoms with Gasteiger partial charge in [0.15, 0.2) is 0 Å². The highest BCUT2D eigenvalue weighted by Gasteiger charge is 2.23. The molecule has 122 valence electrons. The summed E-state index contributed by atoms with van der Waals surface area (Å²) in [7, 11) is -1.94. The number of hydrogen-bond acceptors (Lipinski definition) is 5. The van der Waals surface area contributed by atoms with Crippen LogP contribution in [0.5, 0.6) is 0 Å². The summed E-state index contributed by atoms with van der Waals surface area (Å²) >= 11 is 0. The normalized spacial score (nSPS) is 14.5. The summed E-state index contributed by atoms with van der Waals surface area (Å²) in [4.78, 5) is 17.8. The van der Waals surface area contributed by atoms with E-state index in [1.807, 2.05) is 32.0 Å². The molecule has 0 atom stereocenters. The van der Waals surface area contributed by atoms with Gasteiger partial charge in [0, 0.05) is 7.05 Å². The van der Waals surface area contributed by atoms with Gasteiger partial charge in [0.25, 0.3) is 10.1 Å². The van der Waals surface area contributed by atoms with Crippen LogP contribution in [0.1, 0.15) is 11.1 Å². The van der Waals surface area contributed by atoms with E-state index in [4.69, 9.17) is 4.55 Å². The molecule has 1 aromatic rings. The third kappa shape index (κ3) is 5.34. The van der Waals surface area contributed by atoms with E-state index in [2.05, 4.69) is 15.6 Å². The Morgan fingerprint density at radius 1 is 1.32 bits per heavy atom. The van der Waals surface area contributed by atoms with E-state index in [9.17, 15) is 13.2 Å². The van der Waals surface area contributed by atoms with Crippen LogP contribution in [-0.2, 0) is 10.1 Å². The predicted molar refractivity (Wildman–Crippen MR) is 85.8 cm³/mol. The molecule has 0 fully saturated rings. The smallest absolute Gasteiger partial charge is 0.330 e. The van der Waals surface area contributed by atoms with Crippen molar-refractivity contribution in [3.05, 3.63) is 29.3 Å². The molecule has 22 heavy (non-hydrogen) atoms. The summed E-state index contributed by atoms with van der Waals surface area (Å²) in [5.74, 6) is 0.512. The van der Waals surface area contributed by atoms with Crippen molar-refractivity contribution in [3.63, 3.8) is 0 Å². The summed E-state index contributed by atoms with van der Waals surface area (Å²) in [6.07, 6.45) is 0.715. The number of nitrogens with one attached hydrogen (secondary N) is 2. The van der Waals surface area contributed by atoms with Crippen LogP contribution in [0.3, 0.4) is 0 Å². The monoisotopic (exact) mass is 328 g/mol. The van der Waals surface area contributed by atoms with Crippen molar-refractivity contribution < 1.29 is 17.8 Å². The van der Waals surface area contributed by atoms with E-state index in [1.54, 1.807) is 11.9 Å². The van der Waals surface area contributed by atoms with Gasteiger partial charge in [-0.3, -0.25) is 14.8 Å². The van der Waals surface area contributed by atoms with Crippen molar-refractivity contribution in [3.8, 4) is 0 Å². The van der Waals surface area contributed by atoms with Gasteiger partial charge in [-0.2, -0.15) is 8.42 Å². The maximum absolute atomic E-state index is 12.0. The van der Waals surface area contributed by atoms with Gasteiger partial charge in [-0.1, -0.05) is 18.2 Å². The Morgan fingerprint density at radius 2 is 1.82 bits per heavy atom. The second-order valence-corrected chi connectivity index (χ2v) is 6.20. The molecule has 9 heteroatoms. The first-order valence-corrected chi connectivity index (χ1v) is 8.27. The number of carbonyl (C=O) groups excluding carboxylic acids is 1. The molecule has 0 radical (unpaired) electrons. The Bertz CT molecular complexity index is 657. The number of aliphatic imine (C=N–C) groups is 1. The molecule has 1 heterocycles. The van der Waals surface area contributed by atoms with Crippen molar-refractivity contribution in [1.29, 1.82) is 0 Å². The van der Waals surface area contributed by atoms with E-state index < -0.39 is 10.1 Å². The Hall–Kier alpha value is -2.13. The zero-order valence-electron chi connectivity index (χ0n) is 12.9. The molecule has 0 unspecified atom stereocenters. The first-order chi connectivity index (χ1) is 10.1. The number of aryl methyl sites for hydroxylation is 2. The third-order valence-corrected chi connectivity index (χ3v) is 2.79. The van der Waals surface area contributed by atoms with Gasteiger partial charge < -0.3 is 5.32 Å². The van der Waals surface area contributed by atoms with Crippen molar-refractivity contribution in [2.24, 2.45) is 4.99 Å². The Balaban J connectivity index is 0.000000422. The molecule has 0 saturated carbocycles. The highest BCUT2D eigenvalue weighted by Crippen LogP contribution is 2.25. The zero-order chi connectivity index (χ0) is 16.9. The number of anilines is 1. The quantitative estimate of drug-likeness (QED) is 0.662. The van der Waals surface area contributed by atoms with Crippen molar-refractivity contribution in [2.75, 3.05) is 24.9 Å². The summed E-state index contributed by atoms with van der Waals surface area (Å²) in [5, 5.41) is 5.52. The standard InChI is InChI=1S/C12H16N4O.CH4O3S/c1-8-5-4-6-9(2)10(8)16-7-14-11(13-3)15-12(16)17;1-5(2,3)4/h4-6H,7H2,1-3H3,(H2,13,14,15,17);1H3,(H,2,3,4). The van der Waals surface area contributed by atoms with Crippen LogP contribution in [0.4, 0.5) is 10.5 Å². The minimum absolute atomic E-state index is 0.151. The molecule has 3 N–H and O–H groups in total. The van der Waals surface area contributed by atoms with Gasteiger partial charge in [0.1, 0.15) is 6.67 Å². The highest BCUT2D eigenvalue weighted by atomic mass is 32.2. The van der Waals surface area contributed by atoms with E-state index >= 15 is 0 Å². The average Bonchev–Trinajstić information content (AvgIpc) is 2.38. The third-order valence-electron chi connectivity index (χ3n) is 2.79. The van der Waals surface area contributed by atoms with Crippen molar-refractivity contribution in [1.82, 2.24) is 10.6 Å². The first kappa shape index (κ1) is 17.9. The lowest BCUT2D eigenvalue weighted by Gasteiger charge is -2.28. The number of benzene rings is 1. The molecular formula is C13H20N4O4S. The maximum Gasteiger partial charge on any atom is 0.330 e. The van der Waals surface area contributed by atoms with Crippen LogP contribution in [0.25, 0.3) is 0 Å². The highest BCUT2D eigenvalue weighted by molar-refractivity contribution is 7.85. The number of amides is 2. The second-order valence-electron chi connectivity index (χ2n) is 4.73. The second kappa shape index (κ2) is 7.23. The molecule has 0 bridgehead atoms. The van der Waals surface area contributed by atoms with Gasteiger partial charge in [-0.15, -0.1) is 0 Å². The van der Waals surface area contributed by atoms with Crippen LogP contribution in [0.15, 0.2) is 23.2 Å². The minimum atomic E-state index is -3.67. The molecule has 8 nitrogen and oxygen atoms in total. The molecule has 1 aliphatic rings. The number of carbonyl (C=O) groups is 1. The Morgan fingerprint density at radius 3 is 2.23 bits per heavy atom. The van der Waals surface area contributed by atoms with Gasteiger partial charge >= 0.3 is 6.03 Å². The largest absolute Gasteiger partial charge is 0.359 e. The van der Waals surface area contributed by atoms with E-state index in [1.165, 1.54) is 0 Å². The molecule has 0 aromatic heterocycles. The number of guanidine groups is 1. The fourth-order valence-corrected chi connectivity index (χ4v) is 1.96. The Kier molecular flexibility index (Phi) is 5.89. The SMILES string of the molecule is CNC1=NCN(c2c(C)cccc2C)C(=O)N1.CS(=O)(=O)O. The molecule has 2 amide bonds. The van der Waals surface area contributed by atoms with Crippen LogP contribution >= 0.6 is 0 Å². The first-order valence-electron chi connectivity index (χ1n) is 6.43. The van der Waals surface area contributed by atoms with E-state index in [-0.39, 0.29) is 6.03 Å². The molecular weight excluding hydrogens is 308 g/mol. The number of nitrogens with zero attached hydrogens (tertiary/aromatic N) is 2. The topological polar surface area (TPSA) is 111 Å². The lowest BCUT2D eigenvalue weighted by molar-refractivity contribution is 0.249. The van der Waals surface area contributed by atoms with E-state index in [0.29, 0.717) is 18.9 Å². The fraction of sp³-hybridized carbons (Fsp3) is 0.385. The fourth-order valence-electron chi connectivity index (χ4n) is 1.96. The lowest BCUT2D eigenvalue weighted by atomic mass is 10.1. The number of urea groups is 1. The average molecular weight is 328 g/mol. The number of para-hydroxylation sites is 1. The molecule has 0 saturated heterocycles. The zero-order valence-corrected chi connectivity index (χ0v) is 13.7. The minimum Gasteiger partial charge on any atom is -0.359 e. The molecule has 1 aliphatic heterocycles. The summed E-state index contributed by atoms with van der Waals surface area (Å²) in [6, 6.07) is 5.82. The molecule has 0 aliphatic carbocycles. The molecule has 2 rings (SSSR count). The Labute approximate surface area is 130 Å². The number of hydrogen-bond donors (Lipinski definition) is 3. The van der Waals surface area contributed by atoms with Crippen LogP contribution in [0.2, 0.25) is 0 Å². The summed E-state index contributed by atoms with van der Waals surface area (Å²) in [5.41, 5.74) is 3.08. The van der Waals surface area contributed by atoms with Gasteiger partial charge in [-0.25, -0.2) is 9.79 Å². The summed E-state index contributed by atoms with van der Waals surface area (Å²) in [6.45, 7) is 4.33. The van der Waals surface area contributed by atoms with Crippen LogP contribution < -0.4 is 15.5 Å². The van der Waals surface area contributed by atoms with Crippen LogP contribution in [-0.4, -0.2) is 44.9 Å². The molecule has 1 aromatic carbocycles. The summed E-state index contributed by atoms with van der Waals surface area (Å²) < 4.78 is 25.9. The maximum atomic E-state index is 12.0. The van der Waals surface area contributed by atoms with Gasteiger partial charge in [0.05, 0.1) is 11.9 Å². The van der Waals surface area contributed by atoms with E-state index in [0.717, 1.165) is 16.8 Å². The number of rotatable bonds is 1. The lowest BCUT2D eigenvalue weighted by Crippen LogP contribution is -2.52. The van der Waals surface area contributed by atoms with Crippen molar-refractivity contribution in [2.45, 2.75) is 13.8 Å². The van der Waals surface area contributed by atoms with Gasteiger partial charge in [0.2, 0.25) is 5.96 Å².